The second-order valence-corrected chi connectivity index (χ2v) is 5.27. The van der Waals surface area contributed by atoms with E-state index in [0.717, 1.165) is 30.2 Å². The van der Waals surface area contributed by atoms with Gasteiger partial charge in [0.15, 0.2) is 0 Å². The molecule has 1 fully saturated rings. The van der Waals surface area contributed by atoms with Crippen LogP contribution in [0.3, 0.4) is 0 Å². The molecule has 0 amide bonds. The molecule has 2 rings (SSSR count). The van der Waals surface area contributed by atoms with Crippen molar-refractivity contribution >= 4 is 11.6 Å². The van der Waals surface area contributed by atoms with E-state index >= 15 is 0 Å². The van der Waals surface area contributed by atoms with Crippen LogP contribution in [0.2, 0.25) is 5.02 Å². The highest BCUT2D eigenvalue weighted by molar-refractivity contribution is 6.31. The van der Waals surface area contributed by atoms with Gasteiger partial charge in [-0.15, -0.1) is 0 Å². The summed E-state index contributed by atoms with van der Waals surface area (Å²) in [5.41, 5.74) is 1.13. The number of aromatic nitrogens is 2. The Morgan fingerprint density at radius 1 is 1.61 bits per heavy atom. The van der Waals surface area contributed by atoms with Gasteiger partial charge in [-0.1, -0.05) is 18.5 Å². The third-order valence-electron chi connectivity index (χ3n) is 3.34. The molecule has 1 saturated carbocycles. The number of halogens is 1. The summed E-state index contributed by atoms with van der Waals surface area (Å²) in [5, 5.41) is 8.73. The van der Waals surface area contributed by atoms with Crippen molar-refractivity contribution in [3.63, 3.8) is 0 Å². The Kier molecular flexibility index (Phi) is 5.03. The van der Waals surface area contributed by atoms with Crippen LogP contribution in [-0.4, -0.2) is 30.0 Å². The highest BCUT2D eigenvalue weighted by Crippen LogP contribution is 2.42. The molecular formula is C13H22ClN3O. The standard InChI is InChI=1S/C13H22ClN3O/c1-3-6-15-12(10-4-5-10)13-11(14)9-16-17(13)7-8-18-2/h9-10,12,15H,3-8H2,1-2H3. The Morgan fingerprint density at radius 2 is 2.39 bits per heavy atom. The molecule has 0 saturated heterocycles. The Hall–Kier alpha value is -0.580. The maximum Gasteiger partial charge on any atom is 0.0834 e. The van der Waals surface area contributed by atoms with Crippen LogP contribution in [0.15, 0.2) is 6.20 Å². The topological polar surface area (TPSA) is 39.1 Å². The molecule has 1 atom stereocenters. The Bertz CT molecular complexity index is 376. The number of methoxy groups -OCH3 is 1. The molecule has 1 aromatic rings. The minimum absolute atomic E-state index is 0.344. The second-order valence-electron chi connectivity index (χ2n) is 4.86. The molecule has 4 nitrogen and oxygen atoms in total. The maximum absolute atomic E-state index is 6.31. The minimum atomic E-state index is 0.344. The molecule has 1 heterocycles. The van der Waals surface area contributed by atoms with Gasteiger partial charge in [-0.25, -0.2) is 0 Å². The first-order chi connectivity index (χ1) is 8.77. The van der Waals surface area contributed by atoms with Gasteiger partial charge in [0.2, 0.25) is 0 Å². The van der Waals surface area contributed by atoms with Crippen molar-refractivity contribution in [1.29, 1.82) is 0 Å². The maximum atomic E-state index is 6.31. The van der Waals surface area contributed by atoms with E-state index in [1.54, 1.807) is 13.3 Å². The Labute approximate surface area is 114 Å². The lowest BCUT2D eigenvalue weighted by molar-refractivity contribution is 0.181. The molecule has 0 bridgehead atoms. The fourth-order valence-electron chi connectivity index (χ4n) is 2.25. The summed E-state index contributed by atoms with van der Waals surface area (Å²) >= 11 is 6.31. The minimum Gasteiger partial charge on any atom is -0.383 e. The first-order valence-electron chi connectivity index (χ1n) is 6.71. The van der Waals surface area contributed by atoms with Gasteiger partial charge < -0.3 is 10.1 Å². The predicted molar refractivity (Wildman–Crippen MR) is 72.9 cm³/mol. The van der Waals surface area contributed by atoms with Gasteiger partial charge in [0, 0.05) is 7.11 Å². The van der Waals surface area contributed by atoms with Crippen molar-refractivity contribution in [2.24, 2.45) is 5.92 Å². The van der Waals surface area contributed by atoms with Crippen molar-refractivity contribution in [2.75, 3.05) is 20.3 Å². The highest BCUT2D eigenvalue weighted by atomic mass is 35.5. The van der Waals surface area contributed by atoms with Crippen LogP contribution in [0.25, 0.3) is 0 Å². The average Bonchev–Trinajstić information content (AvgIpc) is 3.14. The third-order valence-corrected chi connectivity index (χ3v) is 3.63. The van der Waals surface area contributed by atoms with Crippen molar-refractivity contribution in [3.8, 4) is 0 Å². The van der Waals surface area contributed by atoms with Gasteiger partial charge in [-0.3, -0.25) is 4.68 Å². The van der Waals surface area contributed by atoms with Crippen molar-refractivity contribution in [2.45, 2.75) is 38.8 Å². The molecule has 1 N–H and O–H groups in total. The smallest absolute Gasteiger partial charge is 0.0834 e. The quantitative estimate of drug-likeness (QED) is 0.790. The number of hydrogen-bond donors (Lipinski definition) is 1. The van der Waals surface area contributed by atoms with Crippen LogP contribution in [-0.2, 0) is 11.3 Å². The van der Waals surface area contributed by atoms with Gasteiger partial charge >= 0.3 is 0 Å². The molecular weight excluding hydrogens is 250 g/mol. The molecule has 1 aliphatic rings. The van der Waals surface area contributed by atoms with Gasteiger partial charge in [0.1, 0.15) is 0 Å². The zero-order valence-corrected chi connectivity index (χ0v) is 11.9. The van der Waals surface area contributed by atoms with Crippen LogP contribution in [0, 0.1) is 5.92 Å². The molecule has 102 valence electrons. The summed E-state index contributed by atoms with van der Waals surface area (Å²) in [4.78, 5) is 0. The lowest BCUT2D eigenvalue weighted by atomic mass is 10.1. The van der Waals surface area contributed by atoms with Crippen molar-refractivity contribution in [3.05, 3.63) is 16.9 Å². The Balaban J connectivity index is 2.14. The van der Waals surface area contributed by atoms with Gasteiger partial charge in [0.25, 0.3) is 0 Å². The molecule has 1 aromatic heterocycles. The first kappa shape index (κ1) is 13.8. The second kappa shape index (κ2) is 6.55. The molecule has 18 heavy (non-hydrogen) atoms. The summed E-state index contributed by atoms with van der Waals surface area (Å²) in [6.45, 7) is 4.62. The molecule has 0 aliphatic heterocycles. The van der Waals surface area contributed by atoms with E-state index in [1.165, 1.54) is 12.8 Å². The molecule has 0 spiro atoms. The molecule has 1 unspecified atom stereocenters. The summed E-state index contributed by atoms with van der Waals surface area (Å²) in [5.74, 6) is 0.715. The summed E-state index contributed by atoms with van der Waals surface area (Å²) in [6, 6.07) is 0.344. The zero-order chi connectivity index (χ0) is 13.0. The summed E-state index contributed by atoms with van der Waals surface area (Å²) in [7, 11) is 1.71. The molecule has 1 aliphatic carbocycles. The van der Waals surface area contributed by atoms with E-state index < -0.39 is 0 Å². The van der Waals surface area contributed by atoms with Crippen LogP contribution in [0.5, 0.6) is 0 Å². The SMILES string of the molecule is CCCNC(c1c(Cl)cnn1CCOC)C1CC1. The van der Waals surface area contributed by atoms with Crippen LogP contribution in [0.1, 0.15) is 37.9 Å². The number of nitrogens with one attached hydrogen (secondary N) is 1. The zero-order valence-electron chi connectivity index (χ0n) is 11.2. The highest BCUT2D eigenvalue weighted by Gasteiger charge is 2.35. The molecule has 5 heteroatoms. The van der Waals surface area contributed by atoms with E-state index in [4.69, 9.17) is 16.3 Å². The van der Waals surface area contributed by atoms with E-state index in [9.17, 15) is 0 Å². The number of nitrogens with zero attached hydrogens (tertiary/aromatic N) is 2. The van der Waals surface area contributed by atoms with Crippen LogP contribution >= 0.6 is 11.6 Å². The molecule has 0 radical (unpaired) electrons. The largest absolute Gasteiger partial charge is 0.383 e. The van der Waals surface area contributed by atoms with Gasteiger partial charge in [-0.05, 0) is 31.7 Å². The normalized spacial score (nSPS) is 17.1. The van der Waals surface area contributed by atoms with E-state index in [1.807, 2.05) is 4.68 Å². The van der Waals surface area contributed by atoms with Crippen molar-refractivity contribution < 1.29 is 4.74 Å². The number of hydrogen-bond acceptors (Lipinski definition) is 3. The third kappa shape index (κ3) is 3.25. The van der Waals surface area contributed by atoms with Crippen LogP contribution in [0.4, 0.5) is 0 Å². The van der Waals surface area contributed by atoms with Crippen molar-refractivity contribution in [1.82, 2.24) is 15.1 Å². The lowest BCUT2D eigenvalue weighted by Crippen LogP contribution is -2.27. The predicted octanol–water partition coefficient (Wildman–Crippen LogP) is 2.63. The average molecular weight is 272 g/mol. The molecule has 0 aromatic carbocycles. The summed E-state index contributed by atoms with van der Waals surface area (Å²) < 4.78 is 7.11. The fraction of sp³-hybridized carbons (Fsp3) is 0.769. The number of ether oxygens (including phenoxy) is 1. The van der Waals surface area contributed by atoms with Crippen LogP contribution < -0.4 is 5.32 Å². The van der Waals surface area contributed by atoms with E-state index in [2.05, 4.69) is 17.3 Å². The number of rotatable bonds is 8. The van der Waals surface area contributed by atoms with Gasteiger partial charge in [-0.2, -0.15) is 5.10 Å². The first-order valence-corrected chi connectivity index (χ1v) is 7.09. The Morgan fingerprint density at radius 3 is 3.00 bits per heavy atom. The monoisotopic (exact) mass is 271 g/mol. The van der Waals surface area contributed by atoms with Gasteiger partial charge in [0.05, 0.1) is 36.1 Å². The van der Waals surface area contributed by atoms with E-state index in [-0.39, 0.29) is 0 Å². The summed E-state index contributed by atoms with van der Waals surface area (Å²) in [6.07, 6.45) is 5.45. The fourth-order valence-corrected chi connectivity index (χ4v) is 2.51. The van der Waals surface area contributed by atoms with E-state index in [0.29, 0.717) is 18.6 Å². The lowest BCUT2D eigenvalue weighted by Gasteiger charge is -2.20.